The van der Waals surface area contributed by atoms with Crippen LogP contribution in [0.15, 0.2) is 5.16 Å². The van der Waals surface area contributed by atoms with Gasteiger partial charge in [0, 0.05) is 37.3 Å². The van der Waals surface area contributed by atoms with Crippen LogP contribution in [-0.4, -0.2) is 151 Å². The number of fused-ring (bicyclic) bond motifs is 1. The summed E-state index contributed by atoms with van der Waals surface area (Å²) in [4.78, 5) is 34.5. The number of hydrogen-bond donors (Lipinski definition) is 3. The van der Waals surface area contributed by atoms with Gasteiger partial charge in [0.05, 0.1) is 47.2 Å². The van der Waals surface area contributed by atoms with E-state index in [0.29, 0.717) is 12.1 Å². The van der Waals surface area contributed by atoms with Gasteiger partial charge in [0.25, 0.3) is 0 Å². The fourth-order valence-electron chi connectivity index (χ4n) is 9.32. The first-order valence-corrected chi connectivity index (χ1v) is 19.7. The Hall–Kier alpha value is -2.15. The van der Waals surface area contributed by atoms with E-state index >= 15 is 0 Å². The number of carbonyl (C=O) groups is 2. The van der Waals surface area contributed by atoms with E-state index in [4.69, 9.17) is 42.7 Å². The van der Waals surface area contributed by atoms with E-state index in [-0.39, 0.29) is 31.4 Å². The Labute approximate surface area is 326 Å². The van der Waals surface area contributed by atoms with Crippen LogP contribution >= 0.6 is 0 Å². The molecule has 4 saturated heterocycles. The maximum absolute atomic E-state index is 14.4. The predicted octanol–water partition coefficient (Wildman–Crippen LogP) is 3.40. The van der Waals surface area contributed by atoms with Crippen molar-refractivity contribution in [1.82, 2.24) is 4.90 Å². The van der Waals surface area contributed by atoms with Crippen molar-refractivity contribution in [3.8, 4) is 0 Å². The topological polar surface area (TPSA) is 193 Å². The third kappa shape index (κ3) is 9.44. The third-order valence-corrected chi connectivity index (χ3v) is 12.5. The van der Waals surface area contributed by atoms with Crippen LogP contribution in [0.5, 0.6) is 0 Å². The van der Waals surface area contributed by atoms with Crippen molar-refractivity contribution in [2.45, 2.75) is 179 Å². The molecule has 0 aromatic rings. The second kappa shape index (κ2) is 17.8. The van der Waals surface area contributed by atoms with Crippen molar-refractivity contribution in [2.75, 3.05) is 28.3 Å². The van der Waals surface area contributed by atoms with E-state index in [1.54, 1.807) is 41.5 Å². The van der Waals surface area contributed by atoms with Gasteiger partial charge in [-0.1, -0.05) is 32.9 Å². The first-order chi connectivity index (χ1) is 25.5. The molecule has 0 saturated carbocycles. The van der Waals surface area contributed by atoms with Gasteiger partial charge in [-0.3, -0.25) is 4.79 Å². The van der Waals surface area contributed by atoms with Crippen molar-refractivity contribution in [3.63, 3.8) is 0 Å². The second-order valence-corrected chi connectivity index (χ2v) is 17.2. The summed E-state index contributed by atoms with van der Waals surface area (Å²) in [6.07, 6.45) is -9.11. The van der Waals surface area contributed by atoms with Crippen LogP contribution in [0.3, 0.4) is 0 Å². The molecule has 4 rings (SSSR count). The van der Waals surface area contributed by atoms with Gasteiger partial charge < -0.3 is 63.0 Å². The van der Waals surface area contributed by atoms with Gasteiger partial charge in [0.2, 0.25) is 0 Å². The zero-order chi connectivity index (χ0) is 41.4. The second-order valence-electron chi connectivity index (χ2n) is 17.2. The van der Waals surface area contributed by atoms with Crippen LogP contribution in [0.1, 0.15) is 94.9 Å². The van der Waals surface area contributed by atoms with E-state index in [1.165, 1.54) is 14.2 Å². The predicted molar refractivity (Wildman–Crippen MR) is 199 cm³/mol. The standard InChI is InChI=1S/C39H68N2O14/c1-15-26-39(10)33(54-36(45)55-39)21(4)28(40-48-14)19(2)17-37(8,46)32(53-35-29(42)25(41(11)12)16-20(3)49-35)22(5)30(23(6)34(44)51-26)52-27-18-38(9,47-13)31(43)24(7)50-27/h19-27,29-33,35,42-43,46H,15-18H2,1-14H3/b40-28+/t19-,20-,21+,22+,23+,24+,25+,26-,27+,29-,30+,31+,32-,33-,35+,37-,38-,39-/m1/s1. The Morgan fingerprint density at radius 2 is 1.58 bits per heavy atom. The monoisotopic (exact) mass is 788 g/mol. The molecule has 4 heterocycles. The van der Waals surface area contributed by atoms with Gasteiger partial charge in [0.1, 0.15) is 25.4 Å². The number of esters is 1. The lowest BCUT2D eigenvalue weighted by Crippen LogP contribution is -2.61. The minimum atomic E-state index is -1.70. The van der Waals surface area contributed by atoms with Crippen molar-refractivity contribution in [1.29, 1.82) is 0 Å². The molecule has 16 heteroatoms. The Morgan fingerprint density at radius 3 is 2.16 bits per heavy atom. The number of aliphatic hydroxyl groups is 3. The van der Waals surface area contributed by atoms with Crippen molar-refractivity contribution < 1.29 is 67.6 Å². The molecule has 55 heavy (non-hydrogen) atoms. The van der Waals surface area contributed by atoms with E-state index in [0.717, 1.165) is 0 Å². The van der Waals surface area contributed by atoms with Crippen LogP contribution in [0.2, 0.25) is 0 Å². The summed E-state index contributed by atoms with van der Waals surface area (Å²) in [5.74, 6) is -3.58. The lowest BCUT2D eigenvalue weighted by molar-refractivity contribution is -0.317. The fraction of sp³-hybridized carbons (Fsp3) is 0.923. The summed E-state index contributed by atoms with van der Waals surface area (Å²) in [6.45, 7) is 17.7. The Bertz CT molecular complexity index is 1350. The number of methoxy groups -OCH3 is 1. The number of rotatable bonds is 8. The van der Waals surface area contributed by atoms with Crippen molar-refractivity contribution >= 4 is 17.8 Å². The van der Waals surface area contributed by atoms with Gasteiger partial charge in [-0.25, -0.2) is 4.79 Å². The SMILES string of the molecule is CC[C@H]1OC(=O)[C@@H](C)[C@@H](O[C@H]2C[C@@](C)(OC)[C@@H](O)[C@H](C)O2)[C@H](C)[C@@H](O[C@@H]2O[C@H](C)C[C@H](N(C)C)[C@H]2O)[C@](C)(O)C[C@@H](C)/C(=N\OC)[C@H](C)[C@H]2OC(=O)O[C@@]21C. The summed E-state index contributed by atoms with van der Waals surface area (Å²) in [6, 6.07) is -0.305. The quantitative estimate of drug-likeness (QED) is 0.239. The number of aliphatic hydroxyl groups excluding tert-OH is 2. The summed E-state index contributed by atoms with van der Waals surface area (Å²) >= 11 is 0. The minimum absolute atomic E-state index is 0.0515. The molecule has 4 aliphatic rings. The Kier molecular flexibility index (Phi) is 14.7. The van der Waals surface area contributed by atoms with Crippen molar-refractivity contribution in [2.24, 2.45) is 28.8 Å². The highest BCUT2D eigenvalue weighted by atomic mass is 16.8. The molecule has 16 nitrogen and oxygen atoms in total. The zero-order valence-electron chi connectivity index (χ0n) is 35.2. The number of likely N-dealkylation sites (N-methyl/N-ethyl adjacent to an activating group) is 1. The highest BCUT2D eigenvalue weighted by molar-refractivity contribution is 5.89. The maximum atomic E-state index is 14.4. The number of carbonyl (C=O) groups excluding carboxylic acids is 2. The zero-order valence-corrected chi connectivity index (χ0v) is 35.2. The number of ether oxygens (including phenoxy) is 8. The molecule has 0 aliphatic carbocycles. The fourth-order valence-corrected chi connectivity index (χ4v) is 9.32. The first-order valence-electron chi connectivity index (χ1n) is 19.7. The maximum Gasteiger partial charge on any atom is 0.509 e. The molecule has 0 unspecified atom stereocenters. The average Bonchev–Trinajstić information content (AvgIpc) is 3.43. The van der Waals surface area contributed by atoms with Crippen LogP contribution in [-0.2, 0) is 47.5 Å². The lowest BCUT2D eigenvalue weighted by Gasteiger charge is -2.49. The van der Waals surface area contributed by atoms with Crippen LogP contribution in [0, 0.1) is 23.7 Å². The van der Waals surface area contributed by atoms with Crippen LogP contribution < -0.4 is 0 Å². The molecule has 4 aliphatic heterocycles. The molecule has 0 amide bonds. The molecule has 0 radical (unpaired) electrons. The Morgan fingerprint density at radius 1 is 0.927 bits per heavy atom. The average molecular weight is 789 g/mol. The smallest absolute Gasteiger partial charge is 0.458 e. The van der Waals surface area contributed by atoms with Gasteiger partial charge in [-0.2, -0.15) is 0 Å². The van der Waals surface area contributed by atoms with Crippen LogP contribution in [0.4, 0.5) is 4.79 Å². The molecule has 4 fully saturated rings. The summed E-state index contributed by atoms with van der Waals surface area (Å²) in [5, 5.41) is 39.7. The number of hydrogen-bond acceptors (Lipinski definition) is 16. The van der Waals surface area contributed by atoms with E-state index in [9.17, 15) is 24.9 Å². The van der Waals surface area contributed by atoms with Gasteiger partial charge >= 0.3 is 12.1 Å². The largest absolute Gasteiger partial charge is 0.509 e. The molecule has 0 aromatic heterocycles. The van der Waals surface area contributed by atoms with E-state index < -0.39 is 108 Å². The third-order valence-electron chi connectivity index (χ3n) is 12.5. The molecule has 0 bridgehead atoms. The molecular formula is C39H68N2O14. The number of cyclic esters (lactones) is 1. The molecule has 3 N–H and O–H groups in total. The summed E-state index contributed by atoms with van der Waals surface area (Å²) in [5.41, 5.74) is -3.68. The number of nitrogens with zero attached hydrogens (tertiary/aromatic N) is 2. The highest BCUT2D eigenvalue weighted by Crippen LogP contribution is 2.43. The highest BCUT2D eigenvalue weighted by Gasteiger charge is 2.59. The minimum Gasteiger partial charge on any atom is -0.458 e. The molecule has 0 spiro atoms. The van der Waals surface area contributed by atoms with Gasteiger partial charge in [-0.05, 0) is 74.9 Å². The summed E-state index contributed by atoms with van der Waals surface area (Å²) in [7, 11) is 6.66. The van der Waals surface area contributed by atoms with Gasteiger partial charge in [-0.15, -0.1) is 0 Å². The van der Waals surface area contributed by atoms with E-state index in [2.05, 4.69) is 5.16 Å². The van der Waals surface area contributed by atoms with Gasteiger partial charge in [0.15, 0.2) is 24.3 Å². The van der Waals surface area contributed by atoms with E-state index in [1.807, 2.05) is 46.7 Å². The van der Waals surface area contributed by atoms with Crippen molar-refractivity contribution in [3.05, 3.63) is 0 Å². The Balaban J connectivity index is 1.88. The van der Waals surface area contributed by atoms with Crippen LogP contribution in [0.25, 0.3) is 0 Å². The summed E-state index contributed by atoms with van der Waals surface area (Å²) < 4.78 is 49.5. The normalized spacial score (nSPS) is 48.4. The molecule has 0 aromatic carbocycles. The molecule has 18 atom stereocenters. The number of oxime groups is 1. The first kappa shape index (κ1) is 45.6. The molecule has 318 valence electrons. The lowest BCUT2D eigenvalue weighted by atomic mass is 9.73. The molecular weight excluding hydrogens is 720 g/mol.